The Hall–Kier alpha value is 0.0300. The Morgan fingerprint density at radius 1 is 1.31 bits per heavy atom. The Balaban J connectivity index is 3.92. The fourth-order valence-corrected chi connectivity index (χ4v) is 1.12. The smallest absolute Gasteiger partial charge is 0.396 e. The van der Waals surface area contributed by atoms with E-state index in [1.807, 2.05) is 0 Å². The van der Waals surface area contributed by atoms with Crippen molar-refractivity contribution in [2.75, 3.05) is 19.8 Å². The molecule has 0 heterocycles. The fraction of sp³-hybridized carbons (Fsp3) is 1.00. The molecule has 13 heavy (non-hydrogen) atoms. The number of hydrogen-bond acceptors (Lipinski definition) is 4. The van der Waals surface area contributed by atoms with E-state index in [9.17, 15) is 4.57 Å². The summed E-state index contributed by atoms with van der Waals surface area (Å²) in [5.74, 6) is -0.714. The average molecular weight is 214 g/mol. The van der Waals surface area contributed by atoms with Crippen molar-refractivity contribution in [2.45, 2.75) is 6.92 Å². The van der Waals surface area contributed by atoms with E-state index in [0.29, 0.717) is 0 Å². The molecule has 0 aromatic carbocycles. The molecule has 0 fully saturated rings. The molecule has 2 atom stereocenters. The number of phosphoric acid groups is 1. The second-order valence-electron chi connectivity index (χ2n) is 2.89. The summed E-state index contributed by atoms with van der Waals surface area (Å²) in [4.78, 5) is 16.7. The third kappa shape index (κ3) is 6.15. The van der Waals surface area contributed by atoms with Gasteiger partial charge >= 0.3 is 7.82 Å². The van der Waals surface area contributed by atoms with Gasteiger partial charge in [-0.3, -0.25) is 4.52 Å². The predicted molar refractivity (Wildman–Crippen MR) is 44.8 cm³/mol. The SMILES string of the molecule is CC(CO)C(CO)COP(=O)(O)O. The summed E-state index contributed by atoms with van der Waals surface area (Å²) in [6.07, 6.45) is 0. The Morgan fingerprint density at radius 2 is 1.85 bits per heavy atom. The Labute approximate surface area is 76.4 Å². The van der Waals surface area contributed by atoms with Crippen LogP contribution in [0.15, 0.2) is 0 Å². The van der Waals surface area contributed by atoms with Crippen LogP contribution in [0, 0.1) is 11.8 Å². The highest BCUT2D eigenvalue weighted by Gasteiger charge is 2.21. The Morgan fingerprint density at radius 3 is 2.15 bits per heavy atom. The highest BCUT2D eigenvalue weighted by atomic mass is 31.2. The Kier molecular flexibility index (Phi) is 5.71. The minimum absolute atomic E-state index is 0.157. The highest BCUT2D eigenvalue weighted by Crippen LogP contribution is 2.36. The molecule has 0 rings (SSSR count). The zero-order valence-electron chi connectivity index (χ0n) is 7.33. The van der Waals surface area contributed by atoms with Crippen LogP contribution in [0.2, 0.25) is 0 Å². The summed E-state index contributed by atoms with van der Waals surface area (Å²) in [5.41, 5.74) is 0. The molecule has 0 aliphatic carbocycles. The lowest BCUT2D eigenvalue weighted by atomic mass is 9.97. The number of rotatable bonds is 6. The molecule has 0 spiro atoms. The van der Waals surface area contributed by atoms with Gasteiger partial charge in [0.1, 0.15) is 0 Å². The van der Waals surface area contributed by atoms with E-state index in [1.165, 1.54) is 0 Å². The van der Waals surface area contributed by atoms with Crippen LogP contribution in [0.1, 0.15) is 6.92 Å². The van der Waals surface area contributed by atoms with E-state index >= 15 is 0 Å². The van der Waals surface area contributed by atoms with Crippen molar-refractivity contribution in [3.8, 4) is 0 Å². The molecule has 0 aromatic rings. The van der Waals surface area contributed by atoms with Crippen LogP contribution in [0.3, 0.4) is 0 Å². The van der Waals surface area contributed by atoms with Crippen LogP contribution >= 0.6 is 7.82 Å². The van der Waals surface area contributed by atoms with Crippen LogP contribution in [0.4, 0.5) is 0 Å². The second kappa shape index (κ2) is 5.70. The normalized spacial score (nSPS) is 17.0. The van der Waals surface area contributed by atoms with E-state index in [0.717, 1.165) is 0 Å². The van der Waals surface area contributed by atoms with Crippen molar-refractivity contribution < 1.29 is 29.1 Å². The van der Waals surface area contributed by atoms with Gasteiger partial charge in [0.05, 0.1) is 6.61 Å². The van der Waals surface area contributed by atoms with Crippen molar-refractivity contribution in [3.63, 3.8) is 0 Å². The minimum atomic E-state index is -4.48. The number of aliphatic hydroxyl groups is 2. The highest BCUT2D eigenvalue weighted by molar-refractivity contribution is 7.46. The van der Waals surface area contributed by atoms with Gasteiger partial charge in [-0.2, -0.15) is 0 Å². The minimum Gasteiger partial charge on any atom is -0.396 e. The molecule has 7 heteroatoms. The standard InChI is InChI=1S/C6H15O6P/c1-5(2-7)6(3-8)4-12-13(9,10)11/h5-8H,2-4H2,1H3,(H2,9,10,11). The average Bonchev–Trinajstić information content (AvgIpc) is 2.03. The van der Waals surface area contributed by atoms with Gasteiger partial charge in [-0.25, -0.2) is 4.57 Å². The van der Waals surface area contributed by atoms with Crippen LogP contribution in [0.5, 0.6) is 0 Å². The van der Waals surface area contributed by atoms with Crippen LogP contribution < -0.4 is 0 Å². The molecule has 0 aromatic heterocycles. The lowest BCUT2D eigenvalue weighted by Gasteiger charge is -2.19. The van der Waals surface area contributed by atoms with Gasteiger partial charge in [0.15, 0.2) is 0 Å². The Bertz CT molecular complexity index is 178. The molecule has 2 unspecified atom stereocenters. The topological polar surface area (TPSA) is 107 Å². The summed E-state index contributed by atoms with van der Waals surface area (Å²) >= 11 is 0. The van der Waals surface area contributed by atoms with Gasteiger partial charge in [0.25, 0.3) is 0 Å². The van der Waals surface area contributed by atoms with Gasteiger partial charge in [-0.1, -0.05) is 6.92 Å². The quantitative estimate of drug-likeness (QED) is 0.437. The number of phosphoric ester groups is 1. The molecule has 0 bridgehead atoms. The molecule has 80 valence electrons. The molecule has 0 radical (unpaired) electrons. The first-order chi connectivity index (χ1) is 5.90. The molecule has 0 aliphatic rings. The maximum absolute atomic E-state index is 10.3. The molecule has 0 amide bonds. The first-order valence-electron chi connectivity index (χ1n) is 3.82. The van der Waals surface area contributed by atoms with Gasteiger partial charge in [0, 0.05) is 19.1 Å². The lowest BCUT2D eigenvalue weighted by molar-refractivity contribution is 0.0756. The van der Waals surface area contributed by atoms with Crippen molar-refractivity contribution in [1.82, 2.24) is 0 Å². The third-order valence-electron chi connectivity index (χ3n) is 1.78. The van der Waals surface area contributed by atoms with E-state index in [1.54, 1.807) is 6.92 Å². The van der Waals surface area contributed by atoms with Crippen LogP contribution in [-0.4, -0.2) is 39.8 Å². The van der Waals surface area contributed by atoms with Crippen molar-refractivity contribution in [2.24, 2.45) is 11.8 Å². The van der Waals surface area contributed by atoms with Gasteiger partial charge in [-0.05, 0) is 5.92 Å². The fourth-order valence-electron chi connectivity index (χ4n) is 0.739. The molecule has 4 N–H and O–H groups in total. The number of hydrogen-bond donors (Lipinski definition) is 4. The van der Waals surface area contributed by atoms with E-state index < -0.39 is 13.7 Å². The summed E-state index contributed by atoms with van der Waals surface area (Å²) in [5, 5.41) is 17.5. The maximum Gasteiger partial charge on any atom is 0.469 e. The first-order valence-corrected chi connectivity index (χ1v) is 5.35. The zero-order chi connectivity index (χ0) is 10.5. The summed E-state index contributed by atoms with van der Waals surface area (Å²) < 4.78 is 14.5. The van der Waals surface area contributed by atoms with Crippen molar-refractivity contribution >= 4 is 7.82 Å². The first kappa shape index (κ1) is 13.0. The summed E-state index contributed by atoms with van der Waals surface area (Å²) in [6.45, 7) is 0.962. The monoisotopic (exact) mass is 214 g/mol. The van der Waals surface area contributed by atoms with Gasteiger partial charge in [0.2, 0.25) is 0 Å². The zero-order valence-corrected chi connectivity index (χ0v) is 8.22. The number of aliphatic hydroxyl groups excluding tert-OH is 2. The molecule has 6 nitrogen and oxygen atoms in total. The molecule has 0 aliphatic heterocycles. The lowest BCUT2D eigenvalue weighted by Crippen LogP contribution is -2.23. The summed E-state index contributed by atoms with van der Waals surface area (Å²) in [7, 11) is -4.48. The molecule has 0 saturated carbocycles. The van der Waals surface area contributed by atoms with Gasteiger partial charge < -0.3 is 20.0 Å². The van der Waals surface area contributed by atoms with Crippen LogP contribution in [-0.2, 0) is 9.09 Å². The van der Waals surface area contributed by atoms with Crippen molar-refractivity contribution in [1.29, 1.82) is 0 Å². The third-order valence-corrected chi connectivity index (χ3v) is 2.27. The predicted octanol–water partition coefficient (Wildman–Crippen LogP) is -0.667. The van der Waals surface area contributed by atoms with E-state index in [2.05, 4.69) is 4.52 Å². The second-order valence-corrected chi connectivity index (χ2v) is 4.13. The molecular formula is C6H15O6P. The molecular weight excluding hydrogens is 199 g/mol. The summed E-state index contributed by atoms with van der Waals surface area (Å²) in [6, 6.07) is 0. The van der Waals surface area contributed by atoms with E-state index in [4.69, 9.17) is 20.0 Å². The van der Waals surface area contributed by atoms with Crippen molar-refractivity contribution in [3.05, 3.63) is 0 Å². The van der Waals surface area contributed by atoms with Gasteiger partial charge in [-0.15, -0.1) is 0 Å². The molecule has 0 saturated heterocycles. The maximum atomic E-state index is 10.3. The largest absolute Gasteiger partial charge is 0.469 e. The van der Waals surface area contributed by atoms with E-state index in [-0.39, 0.29) is 25.7 Å². The van der Waals surface area contributed by atoms with Crippen LogP contribution in [0.25, 0.3) is 0 Å².